The first-order valence-electron chi connectivity index (χ1n) is 15.7. The third-order valence-corrected chi connectivity index (χ3v) is 9.78. The van der Waals surface area contributed by atoms with Crippen molar-refractivity contribution in [2.75, 3.05) is 15.5 Å². The molecule has 3 N–H and O–H groups in total. The van der Waals surface area contributed by atoms with E-state index < -0.39 is 29.4 Å². The van der Waals surface area contributed by atoms with E-state index >= 15 is 0 Å². The zero-order valence-corrected chi connectivity index (χ0v) is 29.7. The highest BCUT2D eigenvalue weighted by Crippen LogP contribution is 2.42. The second-order valence-electron chi connectivity index (χ2n) is 13.3. The Morgan fingerprint density at radius 1 is 0.804 bits per heavy atom. The lowest BCUT2D eigenvalue weighted by molar-refractivity contribution is -0.137. The van der Waals surface area contributed by atoms with Gasteiger partial charge in [0.2, 0.25) is 0 Å². The SMILES string of the molecule is Cc1ccc(-c2ncc(C(F)(F)F)cc2NC(=O)Nc2cnc(Oc3ccc(-c4cnc(N(C(=O)O)C(C)(C)C(C)(C)C)s4)cc3)nc2)cc1C. The number of hydrogen-bond acceptors (Lipinski definition) is 8. The normalized spacial score (nSPS) is 12.0. The van der Waals surface area contributed by atoms with Crippen molar-refractivity contribution in [3.8, 4) is 33.5 Å². The maximum Gasteiger partial charge on any atom is 0.417 e. The van der Waals surface area contributed by atoms with Gasteiger partial charge >= 0.3 is 24.3 Å². The number of thiazole rings is 1. The Bertz CT molecular complexity index is 2060. The molecule has 0 aliphatic carbocycles. The number of urea groups is 1. The molecule has 0 spiro atoms. The molecule has 0 atom stereocenters. The summed E-state index contributed by atoms with van der Waals surface area (Å²) >= 11 is 1.26. The number of carboxylic acid groups (broad SMARTS) is 1. The molecule has 0 aliphatic heterocycles. The first kappa shape index (κ1) is 36.7. The molecule has 3 heterocycles. The number of nitrogens with zero attached hydrogens (tertiary/aromatic N) is 5. The third kappa shape index (κ3) is 8.26. The quantitative estimate of drug-likeness (QED) is 0.144. The van der Waals surface area contributed by atoms with Gasteiger partial charge in [-0.1, -0.05) is 44.2 Å². The Hall–Kier alpha value is -5.57. The van der Waals surface area contributed by atoms with Crippen molar-refractivity contribution in [2.45, 2.75) is 60.2 Å². The molecule has 3 amide bonds. The number of pyridine rings is 1. The molecular formula is C36H36F3N7O4S. The molecule has 0 bridgehead atoms. The summed E-state index contributed by atoms with van der Waals surface area (Å²) in [5.41, 5.74) is 1.37. The number of carbonyl (C=O) groups excluding carboxylic acids is 1. The van der Waals surface area contributed by atoms with Gasteiger partial charge < -0.3 is 20.5 Å². The molecule has 0 radical (unpaired) electrons. The van der Waals surface area contributed by atoms with E-state index in [0.717, 1.165) is 33.8 Å². The predicted octanol–water partition coefficient (Wildman–Crippen LogP) is 10.0. The van der Waals surface area contributed by atoms with Crippen molar-refractivity contribution >= 4 is 40.0 Å². The Morgan fingerprint density at radius 2 is 1.45 bits per heavy atom. The number of rotatable bonds is 8. The molecule has 3 aromatic heterocycles. The summed E-state index contributed by atoms with van der Waals surface area (Å²) in [6, 6.07) is 12.3. The predicted molar refractivity (Wildman–Crippen MR) is 190 cm³/mol. The summed E-state index contributed by atoms with van der Waals surface area (Å²) in [6.45, 7) is 13.5. The zero-order chi connectivity index (χ0) is 37.3. The van der Waals surface area contributed by atoms with Crippen LogP contribution in [0.4, 0.5) is 39.3 Å². The highest BCUT2D eigenvalue weighted by Gasteiger charge is 2.43. The lowest BCUT2D eigenvalue weighted by Crippen LogP contribution is -2.55. The van der Waals surface area contributed by atoms with Crippen molar-refractivity contribution in [3.05, 3.63) is 90.0 Å². The summed E-state index contributed by atoms with van der Waals surface area (Å²) in [6.07, 6.45) is -0.814. The van der Waals surface area contributed by atoms with Crippen LogP contribution in [-0.4, -0.2) is 42.7 Å². The molecule has 15 heteroatoms. The van der Waals surface area contributed by atoms with Gasteiger partial charge in [0.05, 0.1) is 45.4 Å². The van der Waals surface area contributed by atoms with Gasteiger partial charge in [-0.15, -0.1) is 0 Å². The number of nitrogens with one attached hydrogen (secondary N) is 2. The smallest absolute Gasteiger partial charge is 0.417 e. The van der Waals surface area contributed by atoms with E-state index in [1.54, 1.807) is 42.6 Å². The number of aryl methyl sites for hydroxylation is 2. The van der Waals surface area contributed by atoms with Crippen molar-refractivity contribution in [2.24, 2.45) is 5.41 Å². The van der Waals surface area contributed by atoms with Crippen LogP contribution in [0.2, 0.25) is 0 Å². The lowest BCUT2D eigenvalue weighted by Gasteiger charge is -2.44. The minimum absolute atomic E-state index is 0.0191. The molecule has 51 heavy (non-hydrogen) atoms. The number of aromatic nitrogens is 4. The largest absolute Gasteiger partial charge is 0.465 e. The van der Waals surface area contributed by atoms with Gasteiger partial charge in [0, 0.05) is 18.0 Å². The molecule has 5 rings (SSSR count). The first-order chi connectivity index (χ1) is 23.8. The third-order valence-electron chi connectivity index (χ3n) is 8.75. The average Bonchev–Trinajstić information content (AvgIpc) is 3.51. The Labute approximate surface area is 296 Å². The van der Waals surface area contributed by atoms with E-state index in [2.05, 4.69) is 30.6 Å². The Kier molecular flexibility index (Phi) is 10.1. The van der Waals surface area contributed by atoms with Crippen LogP contribution in [0.3, 0.4) is 0 Å². The fourth-order valence-electron chi connectivity index (χ4n) is 4.74. The molecule has 5 aromatic rings. The molecule has 0 saturated carbocycles. The molecular weight excluding hydrogens is 684 g/mol. The monoisotopic (exact) mass is 719 g/mol. The highest BCUT2D eigenvalue weighted by molar-refractivity contribution is 7.19. The molecule has 266 valence electrons. The Morgan fingerprint density at radius 3 is 2.04 bits per heavy atom. The fourth-order valence-corrected chi connectivity index (χ4v) is 5.80. The Balaban J connectivity index is 1.25. The van der Waals surface area contributed by atoms with Crippen LogP contribution in [0.1, 0.15) is 51.3 Å². The van der Waals surface area contributed by atoms with Crippen LogP contribution >= 0.6 is 11.3 Å². The second kappa shape index (κ2) is 14.0. The number of alkyl halides is 3. The van der Waals surface area contributed by atoms with Gasteiger partial charge in [-0.25, -0.2) is 29.4 Å². The minimum atomic E-state index is -4.66. The first-order valence-corrected chi connectivity index (χ1v) is 16.5. The van der Waals surface area contributed by atoms with Crippen molar-refractivity contribution in [1.29, 1.82) is 0 Å². The van der Waals surface area contributed by atoms with E-state index in [-0.39, 0.29) is 28.5 Å². The molecule has 11 nitrogen and oxygen atoms in total. The maximum absolute atomic E-state index is 13.5. The van der Waals surface area contributed by atoms with Gasteiger partial charge in [0.25, 0.3) is 0 Å². The number of halogens is 3. The van der Waals surface area contributed by atoms with Crippen LogP contribution in [0, 0.1) is 19.3 Å². The second-order valence-corrected chi connectivity index (χ2v) is 14.3. The fraction of sp³-hybridized carbons (Fsp3) is 0.278. The van der Waals surface area contributed by atoms with Crippen LogP contribution < -0.4 is 20.3 Å². The van der Waals surface area contributed by atoms with Gasteiger partial charge in [-0.3, -0.25) is 4.98 Å². The summed E-state index contributed by atoms with van der Waals surface area (Å²) in [5.74, 6) is 0.416. The summed E-state index contributed by atoms with van der Waals surface area (Å²) in [7, 11) is 0. The van der Waals surface area contributed by atoms with Gasteiger partial charge in [-0.05, 0) is 86.2 Å². The van der Waals surface area contributed by atoms with Gasteiger partial charge in [0.1, 0.15) is 5.75 Å². The topological polar surface area (TPSA) is 142 Å². The molecule has 0 aliphatic rings. The van der Waals surface area contributed by atoms with Gasteiger partial charge in [0.15, 0.2) is 5.13 Å². The molecule has 0 fully saturated rings. The average molecular weight is 720 g/mol. The zero-order valence-electron chi connectivity index (χ0n) is 28.9. The molecule has 0 unspecified atom stereocenters. The van der Waals surface area contributed by atoms with E-state index in [1.807, 2.05) is 54.5 Å². The summed E-state index contributed by atoms with van der Waals surface area (Å²) < 4.78 is 46.2. The van der Waals surface area contributed by atoms with Crippen LogP contribution in [0.5, 0.6) is 11.8 Å². The number of carbonyl (C=O) groups is 2. The summed E-state index contributed by atoms with van der Waals surface area (Å²) in [4.78, 5) is 43.8. The van der Waals surface area contributed by atoms with Gasteiger partial charge in [-0.2, -0.15) is 13.2 Å². The molecule has 2 aromatic carbocycles. The van der Waals surface area contributed by atoms with E-state index in [0.29, 0.717) is 16.4 Å². The molecule has 0 saturated heterocycles. The number of benzene rings is 2. The number of hydrogen-bond donors (Lipinski definition) is 3. The van der Waals surface area contributed by atoms with E-state index in [9.17, 15) is 27.9 Å². The van der Waals surface area contributed by atoms with Crippen molar-refractivity contribution in [1.82, 2.24) is 19.9 Å². The van der Waals surface area contributed by atoms with Crippen molar-refractivity contribution < 1.29 is 32.6 Å². The number of amides is 3. The number of anilines is 3. The van der Waals surface area contributed by atoms with E-state index in [4.69, 9.17) is 4.74 Å². The highest BCUT2D eigenvalue weighted by atomic mass is 32.1. The standard InChI is InChI=1S/C36H36F3N7O4S/c1-20-8-9-23(14-21(20)2)29-27(15-24(16-40-29)36(37,38)39)45-30(47)44-25-17-41-31(42-18-25)50-26-12-10-22(11-13-26)28-19-43-32(51-28)46(33(48)49)35(6,7)34(3,4)5/h8-19H,1-7H3,(H,48,49)(H2,44,45,47). The van der Waals surface area contributed by atoms with Crippen LogP contribution in [-0.2, 0) is 6.18 Å². The maximum atomic E-state index is 13.5. The van der Waals surface area contributed by atoms with Crippen molar-refractivity contribution in [3.63, 3.8) is 0 Å². The van der Waals surface area contributed by atoms with E-state index in [1.165, 1.54) is 28.6 Å². The lowest BCUT2D eigenvalue weighted by atomic mass is 9.75. The minimum Gasteiger partial charge on any atom is -0.465 e. The number of ether oxygens (including phenoxy) is 1. The van der Waals surface area contributed by atoms with Crippen LogP contribution in [0.25, 0.3) is 21.7 Å². The van der Waals surface area contributed by atoms with Crippen LogP contribution in [0.15, 0.2) is 73.3 Å². The summed E-state index contributed by atoms with van der Waals surface area (Å²) in [5, 5.41) is 15.3.